The zero-order valence-corrected chi connectivity index (χ0v) is 11.9. The molecule has 100 valence electrons. The van der Waals surface area contributed by atoms with Crippen molar-refractivity contribution in [1.29, 1.82) is 0 Å². The van der Waals surface area contributed by atoms with E-state index in [0.717, 1.165) is 10.0 Å². The Morgan fingerprint density at radius 3 is 2.68 bits per heavy atom. The van der Waals surface area contributed by atoms with Crippen LogP contribution in [0.25, 0.3) is 0 Å². The van der Waals surface area contributed by atoms with Gasteiger partial charge in [-0.2, -0.15) is 0 Å². The minimum atomic E-state index is -0.599. The largest absolute Gasteiger partial charge is 0.462 e. The van der Waals surface area contributed by atoms with Crippen molar-refractivity contribution in [3.05, 3.63) is 56.4 Å². The number of hydrogen-bond donors (Lipinski definition) is 1. The van der Waals surface area contributed by atoms with Gasteiger partial charge in [0, 0.05) is 10.7 Å². The minimum Gasteiger partial charge on any atom is -0.462 e. The van der Waals surface area contributed by atoms with Gasteiger partial charge in [0.1, 0.15) is 5.56 Å². The number of benzene rings is 1. The van der Waals surface area contributed by atoms with E-state index in [-0.39, 0.29) is 17.7 Å². The Labute approximate surface area is 118 Å². The summed E-state index contributed by atoms with van der Waals surface area (Å²) in [7, 11) is 0. The molecular weight excluding hydrogens is 312 g/mol. The third-order valence-electron chi connectivity index (χ3n) is 2.59. The number of esters is 1. The van der Waals surface area contributed by atoms with E-state index in [0.29, 0.717) is 6.54 Å². The fourth-order valence-corrected chi connectivity index (χ4v) is 1.92. The molecule has 0 bridgehead atoms. The Bertz CT molecular complexity index is 628. The lowest BCUT2D eigenvalue weighted by molar-refractivity contribution is 0.0524. The van der Waals surface area contributed by atoms with Crippen molar-refractivity contribution in [3.8, 4) is 0 Å². The number of hydrogen-bond acceptors (Lipinski definition) is 3. The van der Waals surface area contributed by atoms with Crippen molar-refractivity contribution in [3.63, 3.8) is 0 Å². The predicted octanol–water partition coefficient (Wildman–Crippen LogP) is 2.16. The molecule has 0 radical (unpaired) electrons. The van der Waals surface area contributed by atoms with E-state index in [4.69, 9.17) is 4.74 Å². The molecule has 0 aliphatic heterocycles. The fourth-order valence-electron chi connectivity index (χ4n) is 1.65. The first-order chi connectivity index (χ1) is 9.11. The van der Waals surface area contributed by atoms with Gasteiger partial charge in [0.2, 0.25) is 0 Å². The number of H-pyrrole nitrogens is 1. The van der Waals surface area contributed by atoms with E-state index in [1.54, 1.807) is 6.92 Å². The van der Waals surface area contributed by atoms with E-state index in [1.807, 2.05) is 24.3 Å². The summed E-state index contributed by atoms with van der Waals surface area (Å²) >= 11 is 3.35. The third kappa shape index (κ3) is 3.14. The molecule has 0 amide bonds. The van der Waals surface area contributed by atoms with E-state index in [9.17, 15) is 9.59 Å². The molecule has 19 heavy (non-hydrogen) atoms. The molecule has 0 saturated heterocycles. The number of carbonyl (C=O) groups excluding carboxylic acids is 1. The highest BCUT2D eigenvalue weighted by Crippen LogP contribution is 2.10. The Morgan fingerprint density at radius 1 is 1.37 bits per heavy atom. The Kier molecular flexibility index (Phi) is 4.21. The smallest absolute Gasteiger partial charge is 0.345 e. The summed E-state index contributed by atoms with van der Waals surface area (Å²) in [6.07, 6.45) is 1.37. The van der Waals surface area contributed by atoms with Gasteiger partial charge >= 0.3 is 5.97 Å². The average Bonchev–Trinajstić information content (AvgIpc) is 2.74. The molecule has 0 aliphatic rings. The van der Waals surface area contributed by atoms with Gasteiger partial charge in [0.15, 0.2) is 0 Å². The molecule has 0 atom stereocenters. The Hall–Kier alpha value is -1.82. The van der Waals surface area contributed by atoms with Crippen LogP contribution in [0.15, 0.2) is 39.7 Å². The van der Waals surface area contributed by atoms with Crippen molar-refractivity contribution in [2.45, 2.75) is 13.5 Å². The number of rotatable bonds is 4. The number of aromatic amines is 1. The van der Waals surface area contributed by atoms with Crippen molar-refractivity contribution < 1.29 is 9.53 Å². The normalized spacial score (nSPS) is 10.4. The van der Waals surface area contributed by atoms with Crippen LogP contribution in [-0.2, 0) is 11.3 Å². The van der Waals surface area contributed by atoms with Crippen LogP contribution in [0, 0.1) is 0 Å². The van der Waals surface area contributed by atoms with E-state index < -0.39 is 5.97 Å². The van der Waals surface area contributed by atoms with Crippen molar-refractivity contribution in [2.24, 2.45) is 0 Å². The molecule has 0 spiro atoms. The summed E-state index contributed by atoms with van der Waals surface area (Å²) < 4.78 is 7.15. The van der Waals surface area contributed by atoms with Gasteiger partial charge in [-0.25, -0.2) is 9.48 Å². The summed E-state index contributed by atoms with van der Waals surface area (Å²) in [4.78, 5) is 23.5. The van der Waals surface area contributed by atoms with Gasteiger partial charge in [-0.15, -0.1) is 0 Å². The lowest BCUT2D eigenvalue weighted by Gasteiger charge is -2.02. The van der Waals surface area contributed by atoms with Crippen molar-refractivity contribution in [2.75, 3.05) is 6.61 Å². The van der Waals surface area contributed by atoms with Crippen LogP contribution in [0.5, 0.6) is 0 Å². The Balaban J connectivity index is 2.20. The summed E-state index contributed by atoms with van der Waals surface area (Å²) in [6.45, 7) is 2.33. The molecule has 2 aromatic rings. The third-order valence-corrected chi connectivity index (χ3v) is 3.12. The Morgan fingerprint density at radius 2 is 2.05 bits per heavy atom. The molecule has 0 fully saturated rings. The van der Waals surface area contributed by atoms with Gasteiger partial charge in [-0.1, -0.05) is 28.1 Å². The maximum atomic E-state index is 12.0. The van der Waals surface area contributed by atoms with Crippen LogP contribution in [-0.4, -0.2) is 22.4 Å². The quantitative estimate of drug-likeness (QED) is 0.876. The average molecular weight is 325 g/mol. The molecule has 1 N–H and O–H groups in total. The molecule has 0 aliphatic carbocycles. The maximum Gasteiger partial charge on any atom is 0.345 e. The highest BCUT2D eigenvalue weighted by molar-refractivity contribution is 9.10. The van der Waals surface area contributed by atoms with Crippen LogP contribution >= 0.6 is 15.9 Å². The van der Waals surface area contributed by atoms with Crippen molar-refractivity contribution in [1.82, 2.24) is 9.78 Å². The zero-order valence-electron chi connectivity index (χ0n) is 10.4. The van der Waals surface area contributed by atoms with Crippen LogP contribution in [0.3, 0.4) is 0 Å². The first kappa shape index (κ1) is 13.6. The molecule has 0 unspecified atom stereocenters. The van der Waals surface area contributed by atoms with Gasteiger partial charge in [0.05, 0.1) is 13.2 Å². The van der Waals surface area contributed by atoms with Gasteiger partial charge < -0.3 is 9.84 Å². The summed E-state index contributed by atoms with van der Waals surface area (Å²) in [5.41, 5.74) is 0.614. The van der Waals surface area contributed by atoms with Gasteiger partial charge in [-0.05, 0) is 24.6 Å². The summed E-state index contributed by atoms with van der Waals surface area (Å²) in [6, 6.07) is 7.61. The molecular formula is C13H13BrN2O3. The lowest BCUT2D eigenvalue weighted by Crippen LogP contribution is -2.23. The zero-order chi connectivity index (χ0) is 13.8. The highest BCUT2D eigenvalue weighted by atomic mass is 79.9. The number of aromatic nitrogens is 2. The number of nitrogens with zero attached hydrogens (tertiary/aromatic N) is 1. The number of nitrogens with one attached hydrogen (secondary N) is 1. The summed E-state index contributed by atoms with van der Waals surface area (Å²) in [5, 5.41) is 2.77. The molecule has 0 saturated carbocycles. The topological polar surface area (TPSA) is 64.1 Å². The second-order valence-electron chi connectivity index (χ2n) is 3.93. The van der Waals surface area contributed by atoms with Gasteiger partial charge in [-0.3, -0.25) is 4.79 Å². The van der Waals surface area contributed by atoms with Crippen LogP contribution < -0.4 is 5.56 Å². The number of ether oxygens (including phenoxy) is 1. The molecule has 1 aromatic heterocycles. The summed E-state index contributed by atoms with van der Waals surface area (Å²) in [5.74, 6) is -0.599. The van der Waals surface area contributed by atoms with E-state index in [2.05, 4.69) is 21.0 Å². The van der Waals surface area contributed by atoms with Crippen LogP contribution in [0.4, 0.5) is 0 Å². The minimum absolute atomic E-state index is 0.0268. The number of halogens is 1. The monoisotopic (exact) mass is 324 g/mol. The SMILES string of the molecule is CCOC(=O)c1c[nH]n(Cc2ccc(Br)cc2)c1=O. The molecule has 5 nitrogen and oxygen atoms in total. The molecule has 1 aromatic carbocycles. The van der Waals surface area contributed by atoms with E-state index in [1.165, 1.54) is 10.9 Å². The second kappa shape index (κ2) is 5.88. The van der Waals surface area contributed by atoms with E-state index >= 15 is 0 Å². The standard InChI is InChI=1S/C13H13BrN2O3/c1-2-19-13(18)11-7-15-16(12(11)17)8-9-3-5-10(14)6-4-9/h3-7,15H,2,8H2,1H3. The van der Waals surface area contributed by atoms with Gasteiger partial charge in [0.25, 0.3) is 5.56 Å². The maximum absolute atomic E-state index is 12.0. The van der Waals surface area contributed by atoms with Crippen LogP contribution in [0.2, 0.25) is 0 Å². The highest BCUT2D eigenvalue weighted by Gasteiger charge is 2.15. The fraction of sp³-hybridized carbons (Fsp3) is 0.231. The first-order valence-electron chi connectivity index (χ1n) is 5.81. The lowest BCUT2D eigenvalue weighted by atomic mass is 10.2. The second-order valence-corrected chi connectivity index (χ2v) is 4.84. The van der Waals surface area contributed by atoms with Crippen molar-refractivity contribution >= 4 is 21.9 Å². The molecule has 6 heteroatoms. The van der Waals surface area contributed by atoms with Crippen LogP contribution in [0.1, 0.15) is 22.8 Å². The number of carbonyl (C=O) groups is 1. The predicted molar refractivity (Wildman–Crippen MR) is 74.3 cm³/mol. The first-order valence-corrected chi connectivity index (χ1v) is 6.61. The molecule has 1 heterocycles. The molecule has 2 rings (SSSR count).